The molecule has 0 radical (unpaired) electrons. The highest BCUT2D eigenvalue weighted by atomic mass is 16.2. The largest absolute Gasteiger partial charge is 0.278 e. The molecule has 102 valence electrons. The predicted molar refractivity (Wildman–Crippen MR) is 68.7 cm³/mol. The van der Waals surface area contributed by atoms with Gasteiger partial charge in [0.05, 0.1) is 18.0 Å². The third kappa shape index (κ3) is 2.05. The van der Waals surface area contributed by atoms with Crippen molar-refractivity contribution in [2.75, 3.05) is 0 Å². The fourth-order valence-electron chi connectivity index (χ4n) is 4.26. The van der Waals surface area contributed by atoms with Gasteiger partial charge in [0.1, 0.15) is 0 Å². The number of likely N-dealkylation sites (tertiary alicyclic amines) is 1. The van der Waals surface area contributed by atoms with Crippen molar-refractivity contribution >= 4 is 11.8 Å². The minimum absolute atomic E-state index is 0.0229. The molecule has 2 aliphatic carbocycles. The van der Waals surface area contributed by atoms with Crippen molar-refractivity contribution in [1.29, 1.82) is 5.26 Å². The third-order valence-electron chi connectivity index (χ3n) is 5.23. The third-order valence-corrected chi connectivity index (χ3v) is 5.23. The van der Waals surface area contributed by atoms with Crippen LogP contribution in [-0.4, -0.2) is 22.8 Å². The molecular formula is C15H20N2O2. The number of carbonyl (C=O) groups excluding carboxylic acids is 2. The summed E-state index contributed by atoms with van der Waals surface area (Å²) in [6.07, 6.45) is 7.95. The fraction of sp³-hybridized carbons (Fsp3) is 0.800. The minimum atomic E-state index is -0.149. The van der Waals surface area contributed by atoms with Crippen LogP contribution in [0.4, 0.5) is 0 Å². The van der Waals surface area contributed by atoms with Gasteiger partial charge in [-0.05, 0) is 37.5 Å². The van der Waals surface area contributed by atoms with E-state index in [9.17, 15) is 9.59 Å². The first-order valence-corrected chi connectivity index (χ1v) is 7.40. The SMILES string of the molecule is N#CC1CCCC1N1C(=O)CC2(CCCC2)CC1=O. The molecule has 2 saturated carbocycles. The number of hydrogen-bond acceptors (Lipinski definition) is 3. The first-order chi connectivity index (χ1) is 9.15. The molecule has 3 fully saturated rings. The molecule has 3 aliphatic rings. The van der Waals surface area contributed by atoms with Crippen LogP contribution in [-0.2, 0) is 9.59 Å². The molecule has 2 atom stereocenters. The fourth-order valence-corrected chi connectivity index (χ4v) is 4.26. The molecular weight excluding hydrogens is 240 g/mol. The Morgan fingerprint density at radius 3 is 2.26 bits per heavy atom. The highest BCUT2D eigenvalue weighted by molar-refractivity contribution is 5.99. The Morgan fingerprint density at radius 2 is 1.68 bits per heavy atom. The lowest BCUT2D eigenvalue weighted by atomic mass is 9.75. The van der Waals surface area contributed by atoms with E-state index in [-0.39, 0.29) is 29.2 Å². The van der Waals surface area contributed by atoms with Crippen LogP contribution in [0.15, 0.2) is 0 Å². The molecule has 4 heteroatoms. The first-order valence-electron chi connectivity index (χ1n) is 7.40. The van der Waals surface area contributed by atoms with Crippen molar-refractivity contribution < 1.29 is 9.59 Å². The molecule has 0 aromatic rings. The number of nitrogens with zero attached hydrogens (tertiary/aromatic N) is 2. The molecule has 0 aromatic carbocycles. The molecule has 19 heavy (non-hydrogen) atoms. The predicted octanol–water partition coefficient (Wildman–Crippen LogP) is 2.39. The summed E-state index contributed by atoms with van der Waals surface area (Å²) in [4.78, 5) is 26.3. The van der Waals surface area contributed by atoms with Gasteiger partial charge in [-0.15, -0.1) is 0 Å². The number of imide groups is 1. The van der Waals surface area contributed by atoms with E-state index >= 15 is 0 Å². The van der Waals surface area contributed by atoms with Crippen molar-refractivity contribution in [3.8, 4) is 6.07 Å². The van der Waals surface area contributed by atoms with E-state index in [1.165, 1.54) is 4.90 Å². The summed E-state index contributed by atoms with van der Waals surface area (Å²) < 4.78 is 0. The quantitative estimate of drug-likeness (QED) is 0.680. The first kappa shape index (κ1) is 12.7. The Balaban J connectivity index is 1.79. The van der Waals surface area contributed by atoms with Gasteiger partial charge in [0.25, 0.3) is 0 Å². The van der Waals surface area contributed by atoms with Gasteiger partial charge in [-0.25, -0.2) is 0 Å². The molecule has 0 N–H and O–H groups in total. The lowest BCUT2D eigenvalue weighted by molar-refractivity contribution is -0.156. The molecule has 1 saturated heterocycles. The molecule has 1 aliphatic heterocycles. The number of nitriles is 1. The highest BCUT2D eigenvalue weighted by Gasteiger charge is 2.48. The van der Waals surface area contributed by atoms with Gasteiger partial charge in [-0.3, -0.25) is 14.5 Å². The molecule has 3 rings (SSSR count). The van der Waals surface area contributed by atoms with Gasteiger partial charge in [0.15, 0.2) is 0 Å². The molecule has 0 aromatic heterocycles. The topological polar surface area (TPSA) is 61.2 Å². The lowest BCUT2D eigenvalue weighted by Crippen LogP contribution is -2.52. The number of rotatable bonds is 1. The summed E-state index contributed by atoms with van der Waals surface area (Å²) in [6, 6.07) is 2.12. The van der Waals surface area contributed by atoms with Crippen molar-refractivity contribution in [2.45, 2.75) is 63.8 Å². The standard InChI is InChI=1S/C15H20N2O2/c16-10-11-4-3-5-12(11)17-13(18)8-15(9-14(17)19)6-1-2-7-15/h11-12H,1-9H2. The average molecular weight is 260 g/mol. The van der Waals surface area contributed by atoms with E-state index in [1.54, 1.807) is 0 Å². The monoisotopic (exact) mass is 260 g/mol. The zero-order valence-corrected chi connectivity index (χ0v) is 11.2. The summed E-state index contributed by atoms with van der Waals surface area (Å²) in [7, 11) is 0. The van der Waals surface area contributed by atoms with Crippen LogP contribution < -0.4 is 0 Å². The van der Waals surface area contributed by atoms with E-state index in [2.05, 4.69) is 6.07 Å². The lowest BCUT2D eigenvalue weighted by Gasteiger charge is -2.40. The Morgan fingerprint density at radius 1 is 1.05 bits per heavy atom. The maximum Gasteiger partial charge on any atom is 0.230 e. The number of hydrogen-bond donors (Lipinski definition) is 0. The van der Waals surface area contributed by atoms with Crippen molar-refractivity contribution in [3.63, 3.8) is 0 Å². The van der Waals surface area contributed by atoms with E-state index < -0.39 is 0 Å². The van der Waals surface area contributed by atoms with Gasteiger partial charge >= 0.3 is 0 Å². The molecule has 2 unspecified atom stereocenters. The summed E-state index contributed by atoms with van der Waals surface area (Å²) >= 11 is 0. The van der Waals surface area contributed by atoms with Crippen LogP contribution in [0.2, 0.25) is 0 Å². The number of amides is 2. The van der Waals surface area contributed by atoms with E-state index in [4.69, 9.17) is 5.26 Å². The molecule has 1 heterocycles. The Hall–Kier alpha value is -1.37. The maximum absolute atomic E-state index is 12.4. The second-order valence-corrected chi connectivity index (χ2v) is 6.45. The Kier molecular flexibility index (Phi) is 3.08. The zero-order valence-electron chi connectivity index (χ0n) is 11.2. The number of carbonyl (C=O) groups is 2. The van der Waals surface area contributed by atoms with Crippen LogP contribution in [0.5, 0.6) is 0 Å². The van der Waals surface area contributed by atoms with Crippen LogP contribution in [0.1, 0.15) is 57.8 Å². The van der Waals surface area contributed by atoms with Gasteiger partial charge in [0, 0.05) is 12.8 Å². The molecule has 2 amide bonds. The smallest absolute Gasteiger partial charge is 0.230 e. The number of piperidine rings is 1. The van der Waals surface area contributed by atoms with Gasteiger partial charge < -0.3 is 0 Å². The zero-order chi connectivity index (χ0) is 13.5. The van der Waals surface area contributed by atoms with Crippen LogP contribution >= 0.6 is 0 Å². The van der Waals surface area contributed by atoms with Gasteiger partial charge in [-0.1, -0.05) is 12.8 Å². The summed E-state index contributed by atoms with van der Waals surface area (Å²) in [5.74, 6) is -0.193. The van der Waals surface area contributed by atoms with Crippen LogP contribution in [0, 0.1) is 22.7 Å². The normalized spacial score (nSPS) is 33.9. The summed E-state index contributed by atoms with van der Waals surface area (Å²) in [5.41, 5.74) is -0.0363. The van der Waals surface area contributed by atoms with Crippen molar-refractivity contribution in [2.24, 2.45) is 11.3 Å². The van der Waals surface area contributed by atoms with E-state index in [0.717, 1.165) is 44.9 Å². The highest BCUT2D eigenvalue weighted by Crippen LogP contribution is 2.48. The second kappa shape index (κ2) is 4.63. The van der Waals surface area contributed by atoms with Crippen LogP contribution in [0.3, 0.4) is 0 Å². The Labute approximate surface area is 113 Å². The van der Waals surface area contributed by atoms with Gasteiger partial charge in [0.2, 0.25) is 11.8 Å². The molecule has 4 nitrogen and oxygen atoms in total. The van der Waals surface area contributed by atoms with E-state index in [1.807, 2.05) is 0 Å². The summed E-state index contributed by atoms with van der Waals surface area (Å²) in [5, 5.41) is 9.15. The second-order valence-electron chi connectivity index (χ2n) is 6.45. The average Bonchev–Trinajstić information content (AvgIpc) is 2.98. The minimum Gasteiger partial charge on any atom is -0.278 e. The van der Waals surface area contributed by atoms with Crippen molar-refractivity contribution in [1.82, 2.24) is 4.90 Å². The van der Waals surface area contributed by atoms with Gasteiger partial charge in [-0.2, -0.15) is 5.26 Å². The summed E-state index contributed by atoms with van der Waals surface area (Å²) in [6.45, 7) is 0. The van der Waals surface area contributed by atoms with Crippen molar-refractivity contribution in [3.05, 3.63) is 0 Å². The molecule has 1 spiro atoms. The van der Waals surface area contributed by atoms with E-state index in [0.29, 0.717) is 12.8 Å². The van der Waals surface area contributed by atoms with Crippen LogP contribution in [0.25, 0.3) is 0 Å². The maximum atomic E-state index is 12.4. The Bertz CT molecular complexity index is 426. The molecule has 0 bridgehead atoms.